The number of hydrogen-bond acceptors (Lipinski definition) is 1. The first-order chi connectivity index (χ1) is 5.00. The Morgan fingerprint density at radius 3 is 1.64 bits per heavy atom. The Labute approximate surface area is 70.7 Å². The maximum absolute atomic E-state index is 5.65. The summed E-state index contributed by atoms with van der Waals surface area (Å²) in [5, 5.41) is 0. The van der Waals surface area contributed by atoms with Crippen molar-refractivity contribution >= 4 is 0 Å². The molecule has 0 rings (SSSR count). The summed E-state index contributed by atoms with van der Waals surface area (Å²) in [5.41, 5.74) is 8.53. The van der Waals surface area contributed by atoms with Gasteiger partial charge in [-0.15, -0.1) is 0 Å². The van der Waals surface area contributed by atoms with E-state index in [2.05, 4.69) is 34.6 Å². The van der Waals surface area contributed by atoms with E-state index in [1.54, 1.807) is 0 Å². The lowest BCUT2D eigenvalue weighted by molar-refractivity contribution is 0.676. The molecule has 0 atom stereocenters. The maximum atomic E-state index is 5.65. The average Bonchev–Trinajstić information content (AvgIpc) is 1.88. The summed E-state index contributed by atoms with van der Waals surface area (Å²) >= 11 is 0. The minimum Gasteiger partial charge on any atom is -0.327 e. The zero-order valence-electron chi connectivity index (χ0n) is 8.44. The Morgan fingerprint density at radius 2 is 1.55 bits per heavy atom. The van der Waals surface area contributed by atoms with Gasteiger partial charge in [-0.3, -0.25) is 0 Å². The van der Waals surface area contributed by atoms with Gasteiger partial charge in [0.1, 0.15) is 0 Å². The Morgan fingerprint density at radius 1 is 1.09 bits per heavy atom. The van der Waals surface area contributed by atoms with Crippen LogP contribution >= 0.6 is 0 Å². The van der Waals surface area contributed by atoms with E-state index in [0.717, 1.165) is 0 Å². The number of nitrogens with two attached hydrogens (primary N) is 1. The van der Waals surface area contributed by atoms with Crippen LogP contribution in [0.15, 0.2) is 11.1 Å². The van der Waals surface area contributed by atoms with Crippen molar-refractivity contribution in [2.75, 3.05) is 6.54 Å². The van der Waals surface area contributed by atoms with Crippen molar-refractivity contribution in [1.29, 1.82) is 0 Å². The lowest BCUT2D eigenvalue weighted by Crippen LogP contribution is -2.12. The van der Waals surface area contributed by atoms with Crippen LogP contribution in [0.2, 0.25) is 0 Å². The van der Waals surface area contributed by atoms with Crippen LogP contribution in [-0.2, 0) is 0 Å². The van der Waals surface area contributed by atoms with Crippen molar-refractivity contribution < 1.29 is 0 Å². The fourth-order valence-electron chi connectivity index (χ4n) is 1.22. The van der Waals surface area contributed by atoms with Gasteiger partial charge in [0.05, 0.1) is 0 Å². The van der Waals surface area contributed by atoms with Gasteiger partial charge in [-0.25, -0.2) is 0 Å². The van der Waals surface area contributed by atoms with Crippen molar-refractivity contribution in [3.05, 3.63) is 11.1 Å². The van der Waals surface area contributed by atoms with E-state index in [1.165, 1.54) is 11.1 Å². The highest BCUT2D eigenvalue weighted by molar-refractivity contribution is 5.16. The summed E-state index contributed by atoms with van der Waals surface area (Å²) in [4.78, 5) is 0. The number of hydrogen-bond donors (Lipinski definition) is 1. The summed E-state index contributed by atoms with van der Waals surface area (Å²) in [6, 6.07) is 0. The van der Waals surface area contributed by atoms with Crippen molar-refractivity contribution in [3.8, 4) is 0 Å². The molecule has 0 aromatic heterocycles. The Bertz CT molecular complexity index is 143. The van der Waals surface area contributed by atoms with E-state index in [9.17, 15) is 0 Å². The van der Waals surface area contributed by atoms with Gasteiger partial charge < -0.3 is 5.73 Å². The molecule has 0 aromatic carbocycles. The van der Waals surface area contributed by atoms with Gasteiger partial charge in [-0.05, 0) is 18.8 Å². The molecule has 0 aliphatic rings. The highest BCUT2D eigenvalue weighted by atomic mass is 14.5. The molecule has 2 N–H and O–H groups in total. The number of allylic oxidation sites excluding steroid dienone is 1. The van der Waals surface area contributed by atoms with Gasteiger partial charge >= 0.3 is 0 Å². The van der Waals surface area contributed by atoms with E-state index in [-0.39, 0.29) is 0 Å². The quantitative estimate of drug-likeness (QED) is 0.623. The summed E-state index contributed by atoms with van der Waals surface area (Å²) in [5.74, 6) is 1.23. The molecule has 0 radical (unpaired) electrons. The number of rotatable bonds is 3. The van der Waals surface area contributed by atoms with Crippen LogP contribution in [0.25, 0.3) is 0 Å². The van der Waals surface area contributed by atoms with Gasteiger partial charge in [-0.2, -0.15) is 0 Å². The van der Waals surface area contributed by atoms with Crippen molar-refractivity contribution in [2.45, 2.75) is 34.6 Å². The topological polar surface area (TPSA) is 26.0 Å². The van der Waals surface area contributed by atoms with Gasteiger partial charge in [0.25, 0.3) is 0 Å². The predicted octanol–water partition coefficient (Wildman–Crippen LogP) is 2.57. The second-order valence-corrected chi connectivity index (χ2v) is 3.72. The second kappa shape index (κ2) is 4.55. The van der Waals surface area contributed by atoms with E-state index in [0.29, 0.717) is 18.4 Å². The largest absolute Gasteiger partial charge is 0.327 e. The molecule has 0 aliphatic carbocycles. The molecule has 1 heteroatoms. The summed E-state index contributed by atoms with van der Waals surface area (Å²) in [6.07, 6.45) is 0. The molecule has 0 bridgehead atoms. The van der Waals surface area contributed by atoms with E-state index < -0.39 is 0 Å². The van der Waals surface area contributed by atoms with Crippen LogP contribution in [0, 0.1) is 11.8 Å². The van der Waals surface area contributed by atoms with Gasteiger partial charge in [0.2, 0.25) is 0 Å². The molecule has 0 unspecified atom stereocenters. The fourth-order valence-corrected chi connectivity index (χ4v) is 1.22. The lowest BCUT2D eigenvalue weighted by atomic mass is 9.92. The molecule has 0 aliphatic heterocycles. The first kappa shape index (κ1) is 10.7. The summed E-state index contributed by atoms with van der Waals surface area (Å²) in [6.45, 7) is 11.7. The van der Waals surface area contributed by atoms with Gasteiger partial charge in [0, 0.05) is 6.54 Å². The van der Waals surface area contributed by atoms with E-state index >= 15 is 0 Å². The standard InChI is InChI=1S/C10H21N/c1-7(2)9(5)10(6-11)8(3)4/h7-8H,6,11H2,1-5H3/b10-9+. The van der Waals surface area contributed by atoms with Crippen LogP contribution in [0.1, 0.15) is 34.6 Å². The van der Waals surface area contributed by atoms with E-state index in [1.807, 2.05) is 0 Å². The molecular formula is C10H21N. The first-order valence-corrected chi connectivity index (χ1v) is 4.40. The first-order valence-electron chi connectivity index (χ1n) is 4.40. The minimum absolute atomic E-state index is 0.599. The monoisotopic (exact) mass is 155 g/mol. The zero-order chi connectivity index (χ0) is 9.02. The molecular weight excluding hydrogens is 134 g/mol. The van der Waals surface area contributed by atoms with Crippen molar-refractivity contribution in [3.63, 3.8) is 0 Å². The van der Waals surface area contributed by atoms with Crippen molar-refractivity contribution in [2.24, 2.45) is 17.6 Å². The molecule has 0 spiro atoms. The normalized spacial score (nSPS) is 14.2. The summed E-state index contributed by atoms with van der Waals surface area (Å²) in [7, 11) is 0. The van der Waals surface area contributed by atoms with Crippen LogP contribution in [0.5, 0.6) is 0 Å². The Balaban J connectivity index is 4.54. The van der Waals surface area contributed by atoms with Crippen LogP contribution in [-0.4, -0.2) is 6.54 Å². The molecule has 1 nitrogen and oxygen atoms in total. The molecule has 66 valence electrons. The highest BCUT2D eigenvalue weighted by Crippen LogP contribution is 2.19. The molecule has 0 heterocycles. The predicted molar refractivity (Wildman–Crippen MR) is 51.4 cm³/mol. The van der Waals surface area contributed by atoms with Gasteiger partial charge in [0.15, 0.2) is 0 Å². The Kier molecular flexibility index (Phi) is 4.43. The Hall–Kier alpha value is -0.300. The SMILES string of the molecule is C/C(=C(/CN)C(C)C)C(C)C. The van der Waals surface area contributed by atoms with Crippen molar-refractivity contribution in [1.82, 2.24) is 0 Å². The maximum Gasteiger partial charge on any atom is 0.0142 e. The van der Waals surface area contributed by atoms with Gasteiger partial charge in [-0.1, -0.05) is 38.8 Å². The molecule has 0 saturated heterocycles. The van der Waals surface area contributed by atoms with Crippen LogP contribution in [0.4, 0.5) is 0 Å². The van der Waals surface area contributed by atoms with E-state index in [4.69, 9.17) is 5.73 Å². The zero-order valence-corrected chi connectivity index (χ0v) is 8.44. The third kappa shape index (κ3) is 3.06. The third-order valence-corrected chi connectivity index (χ3v) is 2.29. The third-order valence-electron chi connectivity index (χ3n) is 2.29. The summed E-state index contributed by atoms with van der Waals surface area (Å²) < 4.78 is 0. The minimum atomic E-state index is 0.599. The molecule has 0 aromatic rings. The average molecular weight is 155 g/mol. The molecule has 0 fully saturated rings. The smallest absolute Gasteiger partial charge is 0.0142 e. The van der Waals surface area contributed by atoms with Crippen LogP contribution < -0.4 is 5.73 Å². The fraction of sp³-hybridized carbons (Fsp3) is 0.800. The second-order valence-electron chi connectivity index (χ2n) is 3.72. The highest BCUT2D eigenvalue weighted by Gasteiger charge is 2.07. The van der Waals surface area contributed by atoms with Crippen LogP contribution in [0.3, 0.4) is 0 Å². The molecule has 0 amide bonds. The molecule has 11 heavy (non-hydrogen) atoms. The molecule has 0 saturated carbocycles. The lowest BCUT2D eigenvalue weighted by Gasteiger charge is -2.16.